The van der Waals surface area contributed by atoms with E-state index in [-0.39, 0.29) is 35.9 Å². The van der Waals surface area contributed by atoms with Crippen LogP contribution in [0.5, 0.6) is 0 Å². The first-order chi connectivity index (χ1) is 15.3. The molecule has 168 valence electrons. The molecule has 1 aliphatic carbocycles. The third-order valence-electron chi connectivity index (χ3n) is 5.57. The Morgan fingerprint density at radius 2 is 1.97 bits per heavy atom. The number of ketones is 1. The normalized spacial score (nSPS) is 19.3. The molecule has 2 aromatic rings. The van der Waals surface area contributed by atoms with Crippen molar-refractivity contribution in [1.82, 2.24) is 0 Å². The Morgan fingerprint density at radius 1 is 1.22 bits per heavy atom. The average molecular weight is 462 g/mol. The molecule has 9 heteroatoms. The smallest absolute Gasteiger partial charge is 0.418 e. The third-order valence-corrected chi connectivity index (χ3v) is 6.50. The lowest BCUT2D eigenvalue weighted by atomic mass is 9.77. The van der Waals surface area contributed by atoms with E-state index < -0.39 is 23.6 Å². The van der Waals surface area contributed by atoms with Crippen molar-refractivity contribution in [2.45, 2.75) is 38.3 Å². The first-order valence-corrected chi connectivity index (χ1v) is 11.1. The number of Topliss-reactive ketones (excluding diaryl/α,β-unsaturated/α-hetero) is 1. The third kappa shape index (κ3) is 3.70. The fourth-order valence-corrected chi connectivity index (χ4v) is 5.16. The van der Waals surface area contributed by atoms with E-state index in [0.29, 0.717) is 29.0 Å². The van der Waals surface area contributed by atoms with Gasteiger partial charge < -0.3 is 10.5 Å². The molecule has 32 heavy (non-hydrogen) atoms. The molecule has 0 spiro atoms. The van der Waals surface area contributed by atoms with Crippen molar-refractivity contribution in [1.29, 1.82) is 0 Å². The van der Waals surface area contributed by atoms with Crippen LogP contribution in [-0.2, 0) is 20.5 Å². The lowest BCUT2D eigenvalue weighted by molar-refractivity contribution is -0.139. The van der Waals surface area contributed by atoms with E-state index in [1.807, 2.05) is 5.38 Å². The molecule has 0 radical (unpaired) electrons. The molecular weight excluding hydrogens is 441 g/mol. The minimum Gasteiger partial charge on any atom is -0.463 e. The molecule has 1 aromatic heterocycles. The minimum absolute atomic E-state index is 0.0136. The minimum atomic E-state index is -4.65. The molecule has 2 heterocycles. The number of nitrogens with two attached hydrogens (primary N) is 1. The van der Waals surface area contributed by atoms with Gasteiger partial charge in [-0.05, 0) is 43.3 Å². The number of carbonyl (C=O) groups is 2. The van der Waals surface area contributed by atoms with Crippen LogP contribution in [-0.4, -0.2) is 18.4 Å². The van der Waals surface area contributed by atoms with Gasteiger partial charge in [-0.15, -0.1) is 11.3 Å². The molecule has 0 fully saturated rings. The summed E-state index contributed by atoms with van der Waals surface area (Å²) in [6.07, 6.45) is -3.54. The van der Waals surface area contributed by atoms with Crippen molar-refractivity contribution >= 4 is 28.8 Å². The van der Waals surface area contributed by atoms with E-state index >= 15 is 0 Å². The largest absolute Gasteiger partial charge is 0.463 e. The second kappa shape index (κ2) is 8.46. The molecule has 2 N–H and O–H groups in total. The van der Waals surface area contributed by atoms with Gasteiger partial charge in [0.2, 0.25) is 0 Å². The van der Waals surface area contributed by atoms with Gasteiger partial charge in [0.25, 0.3) is 0 Å². The maximum absolute atomic E-state index is 13.9. The molecule has 1 aromatic carbocycles. The number of nitrogens with zero attached hydrogens (tertiary/aromatic N) is 1. The van der Waals surface area contributed by atoms with Crippen LogP contribution in [0.15, 0.2) is 64.4 Å². The van der Waals surface area contributed by atoms with E-state index in [1.165, 1.54) is 34.4 Å². The van der Waals surface area contributed by atoms with Gasteiger partial charge in [-0.2, -0.15) is 13.2 Å². The Bertz CT molecular complexity index is 1120. The van der Waals surface area contributed by atoms with Gasteiger partial charge in [-0.1, -0.05) is 18.2 Å². The molecule has 5 nitrogen and oxygen atoms in total. The molecule has 1 unspecified atom stereocenters. The monoisotopic (exact) mass is 462 g/mol. The Hall–Kier alpha value is -3.07. The van der Waals surface area contributed by atoms with Gasteiger partial charge in [-0.25, -0.2) is 4.79 Å². The molecule has 0 saturated heterocycles. The number of carbonyl (C=O) groups excluding carboxylic acids is 2. The van der Waals surface area contributed by atoms with Gasteiger partial charge >= 0.3 is 12.1 Å². The highest BCUT2D eigenvalue weighted by Crippen LogP contribution is 2.49. The van der Waals surface area contributed by atoms with Gasteiger partial charge in [0.15, 0.2) is 5.78 Å². The predicted molar refractivity (Wildman–Crippen MR) is 115 cm³/mol. The van der Waals surface area contributed by atoms with Gasteiger partial charge in [0.1, 0.15) is 5.82 Å². The molecule has 0 amide bonds. The second-order valence-electron chi connectivity index (χ2n) is 7.46. The second-order valence-corrected chi connectivity index (χ2v) is 8.43. The van der Waals surface area contributed by atoms with Gasteiger partial charge in [0, 0.05) is 22.6 Å². The summed E-state index contributed by atoms with van der Waals surface area (Å²) in [6.45, 7) is 1.69. The quantitative estimate of drug-likeness (QED) is 0.640. The fraction of sp³-hybridized carbons (Fsp3) is 0.304. The molecular formula is C23H21F3N2O3S. The van der Waals surface area contributed by atoms with Crippen molar-refractivity contribution in [3.8, 4) is 0 Å². The molecule has 2 aliphatic rings. The SMILES string of the molecule is CCOC(=O)C1=C(N)N(c2ccccc2C(F)(F)F)C2=C(C(=O)CCC2)C1c1cccs1. The summed E-state index contributed by atoms with van der Waals surface area (Å²) in [5, 5.41) is 1.81. The molecule has 0 saturated carbocycles. The summed E-state index contributed by atoms with van der Waals surface area (Å²) in [4.78, 5) is 28.1. The maximum atomic E-state index is 13.9. The van der Waals surface area contributed by atoms with Crippen LogP contribution >= 0.6 is 11.3 Å². The number of hydrogen-bond acceptors (Lipinski definition) is 6. The van der Waals surface area contributed by atoms with Gasteiger partial charge in [-0.3, -0.25) is 9.69 Å². The number of ether oxygens (including phenoxy) is 1. The van der Waals surface area contributed by atoms with Crippen LogP contribution in [0.4, 0.5) is 18.9 Å². The predicted octanol–water partition coefficient (Wildman–Crippen LogP) is 5.11. The zero-order chi connectivity index (χ0) is 23.0. The first kappa shape index (κ1) is 22.1. The van der Waals surface area contributed by atoms with Crippen molar-refractivity contribution in [2.24, 2.45) is 5.73 Å². The zero-order valence-corrected chi connectivity index (χ0v) is 18.1. The highest BCUT2D eigenvalue weighted by Gasteiger charge is 2.45. The molecule has 4 rings (SSSR count). The van der Waals surface area contributed by atoms with Crippen molar-refractivity contribution in [3.05, 3.63) is 74.9 Å². The van der Waals surface area contributed by atoms with Crippen LogP contribution < -0.4 is 10.6 Å². The van der Waals surface area contributed by atoms with Crippen molar-refractivity contribution < 1.29 is 27.5 Å². The summed E-state index contributed by atoms with van der Waals surface area (Å²) in [7, 11) is 0. The highest BCUT2D eigenvalue weighted by atomic mass is 32.1. The number of esters is 1. The Balaban J connectivity index is 2.03. The number of para-hydroxylation sites is 1. The highest BCUT2D eigenvalue weighted by molar-refractivity contribution is 7.10. The first-order valence-electron chi connectivity index (χ1n) is 10.2. The number of thiophene rings is 1. The summed E-state index contributed by atoms with van der Waals surface area (Å²) < 4.78 is 46.8. The molecule has 0 bridgehead atoms. The molecule has 1 atom stereocenters. The average Bonchev–Trinajstić information content (AvgIpc) is 3.27. The van der Waals surface area contributed by atoms with Crippen LogP contribution in [0.3, 0.4) is 0 Å². The summed E-state index contributed by atoms with van der Waals surface area (Å²) in [6, 6.07) is 8.60. The number of halogens is 3. The number of anilines is 1. The summed E-state index contributed by atoms with van der Waals surface area (Å²) in [5.74, 6) is -1.87. The maximum Gasteiger partial charge on any atom is 0.418 e. The lowest BCUT2D eigenvalue weighted by Crippen LogP contribution is -2.41. The standard InChI is InChI=1S/C23H21F3N2O3S/c1-2-31-22(30)20-19(17-11-6-12-32-17)18-15(9-5-10-16(18)29)28(21(20)27)14-8-4-3-7-13(14)23(24,25)26/h3-4,6-8,11-12,19H,2,5,9-10,27H2,1H3. The topological polar surface area (TPSA) is 72.6 Å². The fourth-order valence-electron chi connectivity index (χ4n) is 4.32. The summed E-state index contributed by atoms with van der Waals surface area (Å²) >= 11 is 1.35. The number of rotatable bonds is 4. The summed E-state index contributed by atoms with van der Waals surface area (Å²) in [5.41, 5.74) is 6.03. The van der Waals surface area contributed by atoms with Crippen LogP contribution in [0.2, 0.25) is 0 Å². The van der Waals surface area contributed by atoms with Gasteiger partial charge in [0.05, 0.1) is 29.3 Å². The van der Waals surface area contributed by atoms with E-state index in [9.17, 15) is 22.8 Å². The van der Waals surface area contributed by atoms with E-state index in [0.717, 1.165) is 6.07 Å². The van der Waals surface area contributed by atoms with E-state index in [4.69, 9.17) is 10.5 Å². The van der Waals surface area contributed by atoms with Crippen LogP contribution in [0, 0.1) is 0 Å². The number of benzene rings is 1. The van der Waals surface area contributed by atoms with E-state index in [2.05, 4.69) is 0 Å². The Labute approximate surface area is 187 Å². The lowest BCUT2D eigenvalue weighted by Gasteiger charge is -2.40. The number of hydrogen-bond donors (Lipinski definition) is 1. The van der Waals surface area contributed by atoms with E-state index in [1.54, 1.807) is 19.1 Å². The number of alkyl halides is 3. The zero-order valence-electron chi connectivity index (χ0n) is 17.2. The molecule has 1 aliphatic heterocycles. The van der Waals surface area contributed by atoms with Crippen molar-refractivity contribution in [2.75, 3.05) is 11.5 Å². The Kier molecular flexibility index (Phi) is 5.85. The van der Waals surface area contributed by atoms with Crippen molar-refractivity contribution in [3.63, 3.8) is 0 Å². The van der Waals surface area contributed by atoms with Crippen LogP contribution in [0.1, 0.15) is 42.5 Å². The Morgan fingerprint density at radius 3 is 2.62 bits per heavy atom. The number of allylic oxidation sites excluding steroid dienone is 2. The van der Waals surface area contributed by atoms with Crippen LogP contribution in [0.25, 0.3) is 0 Å².